The van der Waals surface area contributed by atoms with Crippen LogP contribution in [-0.2, 0) is 21.1 Å². The molecule has 1 aliphatic heterocycles. The number of ether oxygens (including phenoxy) is 1. The average molecular weight is 337 g/mol. The third-order valence-electron chi connectivity index (χ3n) is 5.71. The normalized spacial score (nSPS) is 28.2. The molecule has 1 aromatic heterocycles. The highest BCUT2D eigenvalue weighted by atomic mass is 16.5. The third kappa shape index (κ3) is 1.87. The zero-order chi connectivity index (χ0) is 17.9. The zero-order valence-corrected chi connectivity index (χ0v) is 14.4. The van der Waals surface area contributed by atoms with Gasteiger partial charge in [0.05, 0.1) is 29.3 Å². The molecule has 2 aliphatic rings. The van der Waals surface area contributed by atoms with Crippen molar-refractivity contribution in [2.45, 2.75) is 25.5 Å². The summed E-state index contributed by atoms with van der Waals surface area (Å²) in [7, 11) is 3.13. The highest BCUT2D eigenvalue weighted by Crippen LogP contribution is 2.53. The molecule has 1 aliphatic carbocycles. The number of rotatable bonds is 2. The molecule has 0 radical (unpaired) electrons. The number of para-hydroxylation sites is 1. The molecule has 1 fully saturated rings. The summed E-state index contributed by atoms with van der Waals surface area (Å²) in [5, 5.41) is 10.8. The van der Waals surface area contributed by atoms with E-state index in [9.17, 15) is 14.9 Å². The first kappa shape index (κ1) is 15.9. The van der Waals surface area contributed by atoms with Crippen LogP contribution in [0.25, 0.3) is 10.9 Å². The Balaban J connectivity index is 2.06. The molecule has 25 heavy (non-hydrogen) atoms. The van der Waals surface area contributed by atoms with E-state index in [1.54, 1.807) is 7.11 Å². The fourth-order valence-electron chi connectivity index (χ4n) is 4.67. The summed E-state index contributed by atoms with van der Waals surface area (Å²) in [4.78, 5) is 26.5. The highest BCUT2D eigenvalue weighted by Gasteiger charge is 2.57. The van der Waals surface area contributed by atoms with Gasteiger partial charge in [-0.1, -0.05) is 25.1 Å². The SMILES string of the molecule is COCn1c2c(c3ccccc31)[C@H](C#N)[C@@H]1C(=O)N(C)C(=O)[C@@H]1[C@H]2C. The molecule has 6 nitrogen and oxygen atoms in total. The number of amides is 2. The summed E-state index contributed by atoms with van der Waals surface area (Å²) in [6.07, 6.45) is 0. The minimum absolute atomic E-state index is 0.159. The monoisotopic (exact) mass is 337 g/mol. The van der Waals surface area contributed by atoms with Crippen LogP contribution in [-0.4, -0.2) is 35.4 Å². The predicted octanol–water partition coefficient (Wildman–Crippen LogP) is 2.20. The van der Waals surface area contributed by atoms with E-state index in [1.165, 1.54) is 11.9 Å². The number of methoxy groups -OCH3 is 1. The zero-order valence-electron chi connectivity index (χ0n) is 14.4. The lowest BCUT2D eigenvalue weighted by molar-refractivity contribution is -0.138. The molecule has 1 aromatic carbocycles. The summed E-state index contributed by atoms with van der Waals surface area (Å²) in [5.41, 5.74) is 2.78. The molecule has 2 aromatic rings. The Morgan fingerprint density at radius 1 is 1.20 bits per heavy atom. The van der Waals surface area contributed by atoms with Crippen LogP contribution in [0.2, 0.25) is 0 Å². The summed E-state index contributed by atoms with van der Waals surface area (Å²) in [6, 6.07) is 10.1. The Morgan fingerprint density at radius 2 is 1.88 bits per heavy atom. The van der Waals surface area contributed by atoms with E-state index < -0.39 is 17.8 Å². The molecule has 2 amide bonds. The number of nitrogens with zero attached hydrogens (tertiary/aromatic N) is 3. The number of nitriles is 1. The van der Waals surface area contributed by atoms with Crippen LogP contribution in [0.15, 0.2) is 24.3 Å². The second-order valence-electron chi connectivity index (χ2n) is 6.84. The van der Waals surface area contributed by atoms with E-state index in [0.717, 1.165) is 22.2 Å². The maximum absolute atomic E-state index is 12.7. The molecule has 0 spiro atoms. The van der Waals surface area contributed by atoms with Crippen LogP contribution in [0, 0.1) is 23.2 Å². The Labute approximate surface area is 145 Å². The number of carbonyl (C=O) groups excluding carboxylic acids is 2. The summed E-state index contributed by atoms with van der Waals surface area (Å²) < 4.78 is 7.41. The van der Waals surface area contributed by atoms with E-state index in [2.05, 4.69) is 6.07 Å². The Kier molecular flexibility index (Phi) is 3.44. The van der Waals surface area contributed by atoms with E-state index in [0.29, 0.717) is 6.73 Å². The molecule has 128 valence electrons. The number of fused-ring (bicyclic) bond motifs is 4. The van der Waals surface area contributed by atoms with Crippen LogP contribution in [0.4, 0.5) is 0 Å². The van der Waals surface area contributed by atoms with Gasteiger partial charge >= 0.3 is 0 Å². The van der Waals surface area contributed by atoms with Gasteiger partial charge in [0, 0.05) is 31.2 Å². The van der Waals surface area contributed by atoms with Crippen molar-refractivity contribution < 1.29 is 14.3 Å². The maximum Gasteiger partial charge on any atom is 0.234 e. The second kappa shape index (κ2) is 5.43. The molecule has 0 unspecified atom stereocenters. The number of aromatic nitrogens is 1. The van der Waals surface area contributed by atoms with Crippen LogP contribution in [0.1, 0.15) is 30.0 Å². The van der Waals surface area contributed by atoms with Gasteiger partial charge in [-0.2, -0.15) is 5.26 Å². The van der Waals surface area contributed by atoms with Gasteiger partial charge in [-0.3, -0.25) is 14.5 Å². The molecule has 1 saturated heterocycles. The van der Waals surface area contributed by atoms with E-state index >= 15 is 0 Å². The molecule has 0 saturated carbocycles. The average Bonchev–Trinajstić information content (AvgIpc) is 3.06. The van der Waals surface area contributed by atoms with Crippen LogP contribution in [0.5, 0.6) is 0 Å². The number of likely N-dealkylation sites (tertiary alicyclic amines) is 1. The van der Waals surface area contributed by atoms with Crippen molar-refractivity contribution in [1.82, 2.24) is 9.47 Å². The standard InChI is InChI=1S/C19H19N3O3/c1-10-14-16(19(24)21(2)18(14)23)12(8-20)15-11-6-4-5-7-13(11)22(9-25-3)17(10)15/h4-7,10,12,14,16H,9H2,1-3H3/t10-,12+,14-,16+/m1/s1. The van der Waals surface area contributed by atoms with Crippen LogP contribution in [0.3, 0.4) is 0 Å². The predicted molar refractivity (Wildman–Crippen MR) is 90.5 cm³/mol. The second-order valence-corrected chi connectivity index (χ2v) is 6.84. The lowest BCUT2D eigenvalue weighted by Gasteiger charge is -2.33. The van der Waals surface area contributed by atoms with Crippen molar-refractivity contribution in [2.75, 3.05) is 14.2 Å². The number of hydrogen-bond donors (Lipinski definition) is 0. The smallest absolute Gasteiger partial charge is 0.234 e. The summed E-state index contributed by atoms with van der Waals surface area (Å²) in [6.45, 7) is 2.31. The topological polar surface area (TPSA) is 75.3 Å². The first-order chi connectivity index (χ1) is 12.0. The van der Waals surface area contributed by atoms with E-state index in [1.807, 2.05) is 35.8 Å². The molecule has 0 N–H and O–H groups in total. The molecular formula is C19H19N3O3. The Morgan fingerprint density at radius 3 is 2.56 bits per heavy atom. The van der Waals surface area contributed by atoms with Crippen molar-refractivity contribution in [1.29, 1.82) is 5.26 Å². The summed E-state index contributed by atoms with van der Waals surface area (Å²) in [5.74, 6) is -2.32. The van der Waals surface area contributed by atoms with Gasteiger partial charge in [-0.05, 0) is 11.6 Å². The van der Waals surface area contributed by atoms with E-state index in [4.69, 9.17) is 4.74 Å². The quantitative estimate of drug-likeness (QED) is 0.787. The summed E-state index contributed by atoms with van der Waals surface area (Å²) >= 11 is 0. The van der Waals surface area contributed by atoms with Gasteiger partial charge in [0.15, 0.2) is 0 Å². The molecule has 0 bridgehead atoms. The van der Waals surface area contributed by atoms with Crippen LogP contribution < -0.4 is 0 Å². The van der Waals surface area contributed by atoms with Crippen molar-refractivity contribution >= 4 is 22.7 Å². The van der Waals surface area contributed by atoms with Crippen molar-refractivity contribution in [3.05, 3.63) is 35.5 Å². The fourth-order valence-corrected chi connectivity index (χ4v) is 4.67. The van der Waals surface area contributed by atoms with Gasteiger partial charge in [0.1, 0.15) is 6.73 Å². The van der Waals surface area contributed by atoms with Gasteiger partial charge in [-0.25, -0.2) is 0 Å². The largest absolute Gasteiger partial charge is 0.364 e. The third-order valence-corrected chi connectivity index (χ3v) is 5.71. The molecule has 6 heteroatoms. The lowest BCUT2D eigenvalue weighted by Crippen LogP contribution is -2.34. The Bertz CT molecular complexity index is 939. The number of benzene rings is 1. The van der Waals surface area contributed by atoms with Gasteiger partial charge < -0.3 is 9.30 Å². The molecular weight excluding hydrogens is 318 g/mol. The first-order valence-corrected chi connectivity index (χ1v) is 8.33. The number of hydrogen-bond acceptors (Lipinski definition) is 4. The maximum atomic E-state index is 12.7. The molecule has 4 atom stereocenters. The van der Waals surface area contributed by atoms with Crippen LogP contribution >= 0.6 is 0 Å². The van der Waals surface area contributed by atoms with Crippen molar-refractivity contribution in [3.8, 4) is 6.07 Å². The van der Waals surface area contributed by atoms with Crippen molar-refractivity contribution in [3.63, 3.8) is 0 Å². The van der Waals surface area contributed by atoms with Gasteiger partial charge in [-0.15, -0.1) is 0 Å². The Hall–Kier alpha value is -2.65. The number of imide groups is 1. The van der Waals surface area contributed by atoms with Gasteiger partial charge in [0.2, 0.25) is 11.8 Å². The van der Waals surface area contributed by atoms with Gasteiger partial charge in [0.25, 0.3) is 0 Å². The minimum Gasteiger partial charge on any atom is -0.364 e. The highest BCUT2D eigenvalue weighted by molar-refractivity contribution is 6.07. The molecule has 4 rings (SSSR count). The fraction of sp³-hybridized carbons (Fsp3) is 0.421. The number of carbonyl (C=O) groups is 2. The lowest BCUT2D eigenvalue weighted by atomic mass is 9.67. The first-order valence-electron chi connectivity index (χ1n) is 8.33. The molecule has 2 heterocycles. The van der Waals surface area contributed by atoms with Crippen molar-refractivity contribution in [2.24, 2.45) is 11.8 Å². The van der Waals surface area contributed by atoms with E-state index in [-0.39, 0.29) is 17.7 Å². The minimum atomic E-state index is -0.624.